The van der Waals surface area contributed by atoms with Crippen molar-refractivity contribution in [2.75, 3.05) is 17.2 Å². The predicted octanol–water partition coefficient (Wildman–Crippen LogP) is 7.00. The molecule has 2 heterocycles. The highest BCUT2D eigenvalue weighted by Crippen LogP contribution is 2.53. The van der Waals surface area contributed by atoms with Crippen LogP contribution in [0.2, 0.25) is 10.2 Å². The monoisotopic (exact) mass is 497 g/mol. The molecule has 0 spiro atoms. The van der Waals surface area contributed by atoms with Crippen molar-refractivity contribution in [3.63, 3.8) is 0 Å². The molecule has 0 radical (unpaired) electrons. The molecule has 0 aliphatic carbocycles. The summed E-state index contributed by atoms with van der Waals surface area (Å²) in [5.74, 6) is -0.302. The van der Waals surface area contributed by atoms with Crippen LogP contribution < -0.4 is 15.4 Å². The van der Waals surface area contributed by atoms with Crippen LogP contribution in [0.4, 0.5) is 29.3 Å². The van der Waals surface area contributed by atoms with Gasteiger partial charge < -0.3 is 20.1 Å². The summed E-state index contributed by atoms with van der Waals surface area (Å²) in [4.78, 5) is 16.5. The summed E-state index contributed by atoms with van der Waals surface area (Å²) < 4.78 is 52.2. The third-order valence-electron chi connectivity index (χ3n) is 4.97. The van der Waals surface area contributed by atoms with Crippen LogP contribution in [0.15, 0.2) is 60.7 Å². The molecule has 1 atom stereocenters. The Morgan fingerprint density at radius 1 is 1.03 bits per heavy atom. The van der Waals surface area contributed by atoms with Gasteiger partial charge in [0.05, 0.1) is 6.61 Å². The lowest BCUT2D eigenvalue weighted by atomic mass is 9.85. The zero-order valence-corrected chi connectivity index (χ0v) is 18.3. The number of halogens is 5. The van der Waals surface area contributed by atoms with E-state index in [1.165, 1.54) is 36.4 Å². The number of anilines is 2. The molecule has 1 aliphatic rings. The van der Waals surface area contributed by atoms with Gasteiger partial charge in [-0.2, -0.15) is 18.2 Å². The van der Waals surface area contributed by atoms with Gasteiger partial charge in [0, 0.05) is 22.7 Å². The summed E-state index contributed by atoms with van der Waals surface area (Å²) in [5.41, 5.74) is -2.10. The third-order valence-corrected chi connectivity index (χ3v) is 5.43. The summed E-state index contributed by atoms with van der Waals surface area (Å²) in [6, 6.07) is 14.2. The van der Waals surface area contributed by atoms with Crippen LogP contribution in [0.1, 0.15) is 12.0 Å². The van der Waals surface area contributed by atoms with Gasteiger partial charge in [-0.15, -0.1) is 0 Å². The van der Waals surface area contributed by atoms with Gasteiger partial charge in [0.2, 0.25) is 5.88 Å². The van der Waals surface area contributed by atoms with Crippen molar-refractivity contribution in [3.05, 3.63) is 76.4 Å². The van der Waals surface area contributed by atoms with E-state index in [1.54, 1.807) is 24.3 Å². The van der Waals surface area contributed by atoms with Gasteiger partial charge in [0.15, 0.2) is 5.60 Å². The molecular formula is C22H16Cl2F3N3O3. The first-order valence-corrected chi connectivity index (χ1v) is 10.4. The number of amides is 2. The Morgan fingerprint density at radius 3 is 2.36 bits per heavy atom. The van der Waals surface area contributed by atoms with Crippen LogP contribution in [-0.2, 0) is 10.3 Å². The predicted molar refractivity (Wildman–Crippen MR) is 118 cm³/mol. The van der Waals surface area contributed by atoms with Crippen molar-refractivity contribution in [2.24, 2.45) is 0 Å². The maximum Gasteiger partial charge on any atom is 0.421 e. The van der Waals surface area contributed by atoms with E-state index in [1.807, 2.05) is 0 Å². The van der Waals surface area contributed by atoms with Gasteiger partial charge >= 0.3 is 12.2 Å². The van der Waals surface area contributed by atoms with Crippen molar-refractivity contribution in [3.8, 4) is 11.6 Å². The van der Waals surface area contributed by atoms with Crippen LogP contribution in [0.5, 0.6) is 11.6 Å². The number of hydrogen-bond donors (Lipinski definition) is 2. The van der Waals surface area contributed by atoms with E-state index in [2.05, 4.69) is 15.6 Å². The number of para-hydroxylation sites is 1. The molecule has 2 N–H and O–H groups in total. The molecular weight excluding hydrogens is 482 g/mol. The molecule has 0 saturated carbocycles. The minimum atomic E-state index is -4.65. The van der Waals surface area contributed by atoms with Crippen LogP contribution in [0, 0.1) is 0 Å². The second-order valence-corrected chi connectivity index (χ2v) is 7.92. The molecule has 172 valence electrons. The average Bonchev–Trinajstić information content (AvgIpc) is 2.71. The van der Waals surface area contributed by atoms with Crippen molar-refractivity contribution in [1.29, 1.82) is 0 Å². The molecule has 33 heavy (non-hydrogen) atoms. The van der Waals surface area contributed by atoms with Crippen molar-refractivity contribution in [1.82, 2.24) is 4.98 Å². The summed E-state index contributed by atoms with van der Waals surface area (Å²) in [5, 5.41) is 5.69. The zero-order valence-electron chi connectivity index (χ0n) is 16.7. The van der Waals surface area contributed by atoms with Gasteiger partial charge in [-0.3, -0.25) is 0 Å². The standard InChI is InChI=1S/C22H16Cl2F3N3O3/c23-13-5-7-14(8-6-13)28-20(31)29-16-9-10-18(24)30-19(16)33-17-4-2-1-3-15(17)21(11-12-32-21)22(25,26)27/h1-10H,11-12H2,(H2,28,29,31). The van der Waals surface area contributed by atoms with Gasteiger partial charge in [-0.05, 0) is 42.5 Å². The Labute approximate surface area is 196 Å². The fourth-order valence-corrected chi connectivity index (χ4v) is 3.56. The number of rotatable bonds is 5. The molecule has 0 bridgehead atoms. The van der Waals surface area contributed by atoms with E-state index < -0.39 is 17.8 Å². The van der Waals surface area contributed by atoms with E-state index in [0.29, 0.717) is 10.7 Å². The van der Waals surface area contributed by atoms with Gasteiger partial charge in [0.1, 0.15) is 16.6 Å². The summed E-state index contributed by atoms with van der Waals surface area (Å²) >= 11 is 11.8. The topological polar surface area (TPSA) is 72.5 Å². The van der Waals surface area contributed by atoms with Crippen LogP contribution in [0.3, 0.4) is 0 Å². The lowest BCUT2D eigenvalue weighted by Gasteiger charge is -2.43. The van der Waals surface area contributed by atoms with E-state index in [4.69, 9.17) is 32.7 Å². The number of hydrogen-bond acceptors (Lipinski definition) is 4. The number of urea groups is 1. The Balaban J connectivity index is 1.61. The number of carbonyl (C=O) groups is 1. The maximum atomic E-state index is 13.8. The highest BCUT2D eigenvalue weighted by molar-refractivity contribution is 6.30. The van der Waals surface area contributed by atoms with Crippen molar-refractivity contribution < 1.29 is 27.4 Å². The molecule has 2 amide bonds. The smallest absolute Gasteiger partial charge is 0.421 e. The Hall–Kier alpha value is -3.01. The highest BCUT2D eigenvalue weighted by Gasteiger charge is 2.62. The van der Waals surface area contributed by atoms with Gasteiger partial charge in [-0.25, -0.2) is 4.79 Å². The summed E-state index contributed by atoms with van der Waals surface area (Å²) in [6.45, 7) is -0.0269. The minimum absolute atomic E-state index is 0.0246. The SMILES string of the molecule is O=C(Nc1ccc(Cl)cc1)Nc1ccc(Cl)nc1Oc1ccccc1C1(C(F)(F)F)CCO1. The van der Waals surface area contributed by atoms with E-state index in [9.17, 15) is 18.0 Å². The molecule has 4 rings (SSSR count). The first-order valence-electron chi connectivity index (χ1n) is 9.66. The fourth-order valence-electron chi connectivity index (χ4n) is 3.30. The second-order valence-electron chi connectivity index (χ2n) is 7.09. The normalized spacial score (nSPS) is 17.7. The molecule has 6 nitrogen and oxygen atoms in total. The second kappa shape index (κ2) is 9.09. The zero-order chi connectivity index (χ0) is 23.6. The number of alkyl halides is 3. The quantitative estimate of drug-likeness (QED) is 0.372. The van der Waals surface area contributed by atoms with E-state index in [0.717, 1.165) is 0 Å². The molecule has 3 aromatic rings. The Kier molecular flexibility index (Phi) is 6.38. The van der Waals surface area contributed by atoms with Crippen LogP contribution in [0.25, 0.3) is 0 Å². The molecule has 1 aliphatic heterocycles. The first kappa shape index (κ1) is 23.2. The first-order chi connectivity index (χ1) is 15.7. The average molecular weight is 498 g/mol. The summed E-state index contributed by atoms with van der Waals surface area (Å²) in [6.07, 6.45) is -4.89. The molecule has 1 unspecified atom stereocenters. The van der Waals surface area contributed by atoms with Gasteiger partial charge in [-0.1, -0.05) is 41.4 Å². The number of aromatic nitrogens is 1. The van der Waals surface area contributed by atoms with Crippen molar-refractivity contribution >= 4 is 40.6 Å². The van der Waals surface area contributed by atoms with Gasteiger partial charge in [0.25, 0.3) is 0 Å². The molecule has 2 aromatic carbocycles. The third kappa shape index (κ3) is 4.85. The molecule has 1 aromatic heterocycles. The number of ether oxygens (including phenoxy) is 2. The summed E-state index contributed by atoms with van der Waals surface area (Å²) in [7, 11) is 0. The van der Waals surface area contributed by atoms with E-state index in [-0.39, 0.29) is 41.1 Å². The fraction of sp³-hybridized carbons (Fsp3) is 0.182. The number of carbonyl (C=O) groups excluding carboxylic acids is 1. The number of nitrogens with zero attached hydrogens (tertiary/aromatic N) is 1. The maximum absolute atomic E-state index is 13.8. The largest absolute Gasteiger partial charge is 0.437 e. The van der Waals surface area contributed by atoms with E-state index >= 15 is 0 Å². The van der Waals surface area contributed by atoms with Crippen molar-refractivity contribution in [2.45, 2.75) is 18.2 Å². The Morgan fingerprint density at radius 2 is 1.73 bits per heavy atom. The lowest BCUT2D eigenvalue weighted by molar-refractivity contribution is -0.333. The number of benzene rings is 2. The highest BCUT2D eigenvalue weighted by atomic mass is 35.5. The molecule has 1 fully saturated rings. The molecule has 11 heteroatoms. The minimum Gasteiger partial charge on any atom is -0.437 e. The Bertz CT molecular complexity index is 1170. The molecule has 1 saturated heterocycles. The van der Waals surface area contributed by atoms with Crippen LogP contribution >= 0.6 is 23.2 Å². The number of pyridine rings is 1. The number of nitrogens with one attached hydrogen (secondary N) is 2. The van der Waals surface area contributed by atoms with Crippen LogP contribution in [-0.4, -0.2) is 23.8 Å². The lowest BCUT2D eigenvalue weighted by Crippen LogP contribution is -2.52.